The number of aromatic nitrogens is 2. The molecular weight excluding hydrogens is 232 g/mol. The molecule has 1 aliphatic heterocycles. The van der Waals surface area contributed by atoms with Crippen LogP contribution in [0.4, 0.5) is 5.82 Å². The summed E-state index contributed by atoms with van der Waals surface area (Å²) < 4.78 is 0. The van der Waals surface area contributed by atoms with E-state index in [1.165, 1.54) is 32.0 Å². The standard InChI is InChI=1S/C12H18N4O2/c1-15(8-9-16-6-2-3-7-16)11-5-4-10(12(17)18)13-14-11/h4-5H,2-3,6-9H2,1H3,(H,17,18). The second-order valence-corrected chi connectivity index (χ2v) is 4.55. The lowest BCUT2D eigenvalue weighted by Gasteiger charge is -2.21. The maximum absolute atomic E-state index is 10.7. The van der Waals surface area contributed by atoms with Gasteiger partial charge in [0.2, 0.25) is 0 Å². The highest BCUT2D eigenvalue weighted by atomic mass is 16.4. The first-order valence-corrected chi connectivity index (χ1v) is 6.17. The van der Waals surface area contributed by atoms with Crippen molar-refractivity contribution in [1.82, 2.24) is 15.1 Å². The van der Waals surface area contributed by atoms with Crippen LogP contribution in [-0.2, 0) is 0 Å². The summed E-state index contributed by atoms with van der Waals surface area (Å²) in [7, 11) is 1.94. The Labute approximate surface area is 106 Å². The Morgan fingerprint density at radius 2 is 2.11 bits per heavy atom. The van der Waals surface area contributed by atoms with Gasteiger partial charge in [-0.3, -0.25) is 0 Å². The minimum atomic E-state index is -1.05. The van der Waals surface area contributed by atoms with Crippen molar-refractivity contribution < 1.29 is 9.90 Å². The quantitative estimate of drug-likeness (QED) is 0.830. The van der Waals surface area contributed by atoms with E-state index in [2.05, 4.69) is 15.1 Å². The van der Waals surface area contributed by atoms with E-state index in [-0.39, 0.29) is 5.69 Å². The third kappa shape index (κ3) is 3.16. The molecule has 0 radical (unpaired) electrons. The van der Waals surface area contributed by atoms with Gasteiger partial charge >= 0.3 is 5.97 Å². The van der Waals surface area contributed by atoms with Crippen molar-refractivity contribution in [2.24, 2.45) is 0 Å². The topological polar surface area (TPSA) is 69.6 Å². The van der Waals surface area contributed by atoms with Crippen molar-refractivity contribution in [2.75, 3.05) is 38.1 Å². The molecule has 1 N–H and O–H groups in total. The van der Waals surface area contributed by atoms with Gasteiger partial charge in [-0.15, -0.1) is 10.2 Å². The third-order valence-electron chi connectivity index (χ3n) is 3.21. The van der Waals surface area contributed by atoms with Gasteiger partial charge in [0, 0.05) is 20.1 Å². The van der Waals surface area contributed by atoms with Crippen LogP contribution in [0.25, 0.3) is 0 Å². The van der Waals surface area contributed by atoms with Crippen molar-refractivity contribution in [1.29, 1.82) is 0 Å². The molecular formula is C12H18N4O2. The minimum absolute atomic E-state index is 0.0216. The van der Waals surface area contributed by atoms with Gasteiger partial charge < -0.3 is 14.9 Å². The van der Waals surface area contributed by atoms with Gasteiger partial charge in [0.15, 0.2) is 11.5 Å². The first kappa shape index (κ1) is 12.8. The fraction of sp³-hybridized carbons (Fsp3) is 0.583. The summed E-state index contributed by atoms with van der Waals surface area (Å²) in [6.07, 6.45) is 2.58. The molecule has 1 aliphatic rings. The van der Waals surface area contributed by atoms with Crippen LogP contribution in [0, 0.1) is 0 Å². The lowest BCUT2D eigenvalue weighted by Crippen LogP contribution is -2.31. The Morgan fingerprint density at radius 3 is 2.67 bits per heavy atom. The number of aromatic carboxylic acids is 1. The molecule has 0 aliphatic carbocycles. The molecule has 6 heteroatoms. The number of carboxylic acids is 1. The van der Waals surface area contributed by atoms with Gasteiger partial charge in [-0.2, -0.15) is 0 Å². The molecule has 0 aromatic carbocycles. The fourth-order valence-electron chi connectivity index (χ4n) is 2.06. The van der Waals surface area contributed by atoms with Crippen LogP contribution < -0.4 is 4.90 Å². The number of likely N-dealkylation sites (N-methyl/N-ethyl adjacent to an activating group) is 1. The highest BCUT2D eigenvalue weighted by Gasteiger charge is 2.13. The summed E-state index contributed by atoms with van der Waals surface area (Å²) >= 11 is 0. The Morgan fingerprint density at radius 1 is 1.39 bits per heavy atom. The van der Waals surface area contributed by atoms with Gasteiger partial charge in [-0.05, 0) is 38.1 Å². The summed E-state index contributed by atoms with van der Waals surface area (Å²) in [5.41, 5.74) is -0.0216. The maximum Gasteiger partial charge on any atom is 0.356 e. The normalized spacial score (nSPS) is 15.8. The van der Waals surface area contributed by atoms with E-state index in [0.29, 0.717) is 5.82 Å². The Kier molecular flexibility index (Phi) is 4.09. The molecule has 0 bridgehead atoms. The first-order chi connectivity index (χ1) is 8.66. The van der Waals surface area contributed by atoms with Gasteiger partial charge in [-0.25, -0.2) is 4.79 Å². The van der Waals surface area contributed by atoms with Crippen molar-refractivity contribution in [2.45, 2.75) is 12.8 Å². The SMILES string of the molecule is CN(CCN1CCCC1)c1ccc(C(=O)O)nn1. The van der Waals surface area contributed by atoms with E-state index < -0.39 is 5.97 Å². The lowest BCUT2D eigenvalue weighted by molar-refractivity contribution is 0.0689. The van der Waals surface area contributed by atoms with Crippen molar-refractivity contribution in [3.8, 4) is 0 Å². The first-order valence-electron chi connectivity index (χ1n) is 6.17. The van der Waals surface area contributed by atoms with Crippen LogP contribution in [-0.4, -0.2) is 59.4 Å². The third-order valence-corrected chi connectivity index (χ3v) is 3.21. The molecule has 1 aromatic heterocycles. The predicted octanol–water partition coefficient (Wildman–Crippen LogP) is 0.707. The van der Waals surface area contributed by atoms with Gasteiger partial charge in [0.05, 0.1) is 0 Å². The zero-order valence-corrected chi connectivity index (χ0v) is 10.5. The molecule has 0 spiro atoms. The van der Waals surface area contributed by atoms with Crippen LogP contribution in [0.1, 0.15) is 23.3 Å². The zero-order chi connectivity index (χ0) is 13.0. The van der Waals surface area contributed by atoms with E-state index in [1.807, 2.05) is 11.9 Å². The molecule has 98 valence electrons. The monoisotopic (exact) mass is 250 g/mol. The summed E-state index contributed by atoms with van der Waals surface area (Å²) in [6, 6.07) is 3.18. The summed E-state index contributed by atoms with van der Waals surface area (Å²) in [5.74, 6) is -0.340. The summed E-state index contributed by atoms with van der Waals surface area (Å²) in [6.45, 7) is 4.24. The number of carboxylic acid groups (broad SMARTS) is 1. The van der Waals surface area contributed by atoms with Crippen LogP contribution >= 0.6 is 0 Å². The smallest absolute Gasteiger partial charge is 0.356 e. The predicted molar refractivity (Wildman–Crippen MR) is 67.9 cm³/mol. The average Bonchev–Trinajstić information content (AvgIpc) is 2.89. The zero-order valence-electron chi connectivity index (χ0n) is 10.5. The van der Waals surface area contributed by atoms with Crippen molar-refractivity contribution >= 4 is 11.8 Å². The molecule has 1 aromatic rings. The van der Waals surface area contributed by atoms with Crippen molar-refractivity contribution in [3.63, 3.8) is 0 Å². The van der Waals surface area contributed by atoms with Crippen LogP contribution in [0.3, 0.4) is 0 Å². The molecule has 18 heavy (non-hydrogen) atoms. The molecule has 0 atom stereocenters. The van der Waals surface area contributed by atoms with Gasteiger partial charge in [0.1, 0.15) is 0 Å². The molecule has 0 unspecified atom stereocenters. The van der Waals surface area contributed by atoms with Crippen molar-refractivity contribution in [3.05, 3.63) is 17.8 Å². The maximum atomic E-state index is 10.7. The van der Waals surface area contributed by atoms with Crippen LogP contribution in [0.5, 0.6) is 0 Å². The number of rotatable bonds is 5. The molecule has 0 saturated carbocycles. The number of anilines is 1. The molecule has 0 amide bonds. The number of hydrogen-bond acceptors (Lipinski definition) is 5. The molecule has 2 heterocycles. The van der Waals surface area contributed by atoms with E-state index in [9.17, 15) is 4.79 Å². The van der Waals surface area contributed by atoms with Gasteiger partial charge in [-0.1, -0.05) is 0 Å². The second kappa shape index (κ2) is 5.77. The highest BCUT2D eigenvalue weighted by Crippen LogP contribution is 2.10. The lowest BCUT2D eigenvalue weighted by atomic mass is 10.3. The van der Waals surface area contributed by atoms with Crippen LogP contribution in [0.15, 0.2) is 12.1 Å². The molecule has 1 saturated heterocycles. The number of carbonyl (C=O) groups is 1. The molecule has 6 nitrogen and oxygen atoms in total. The number of hydrogen-bond donors (Lipinski definition) is 1. The van der Waals surface area contributed by atoms with E-state index in [4.69, 9.17) is 5.11 Å². The Bertz CT molecular complexity index is 401. The highest BCUT2D eigenvalue weighted by molar-refractivity contribution is 5.85. The summed E-state index contributed by atoms with van der Waals surface area (Å²) in [4.78, 5) is 15.1. The minimum Gasteiger partial charge on any atom is -0.476 e. The second-order valence-electron chi connectivity index (χ2n) is 4.55. The molecule has 2 rings (SSSR count). The average molecular weight is 250 g/mol. The van der Waals surface area contributed by atoms with E-state index in [0.717, 1.165) is 13.1 Å². The number of nitrogens with zero attached hydrogens (tertiary/aromatic N) is 4. The van der Waals surface area contributed by atoms with E-state index in [1.54, 1.807) is 6.07 Å². The largest absolute Gasteiger partial charge is 0.476 e. The number of likely N-dealkylation sites (tertiary alicyclic amines) is 1. The summed E-state index contributed by atoms with van der Waals surface area (Å²) in [5, 5.41) is 16.3. The Hall–Kier alpha value is -1.69. The van der Waals surface area contributed by atoms with Gasteiger partial charge in [0.25, 0.3) is 0 Å². The fourth-order valence-corrected chi connectivity index (χ4v) is 2.06. The van der Waals surface area contributed by atoms with Crippen LogP contribution in [0.2, 0.25) is 0 Å². The Balaban J connectivity index is 1.87. The van der Waals surface area contributed by atoms with E-state index >= 15 is 0 Å². The molecule has 1 fully saturated rings.